The highest BCUT2D eigenvalue weighted by Gasteiger charge is 2.32. The highest BCUT2D eigenvalue weighted by atomic mass is 32.1. The second-order valence-corrected chi connectivity index (χ2v) is 5.65. The molecule has 3 N–H and O–H groups in total. The molecule has 2 heterocycles. The number of hydrogen-bond acceptors (Lipinski definition) is 6. The topological polar surface area (TPSA) is 80.5 Å². The molecular formula is C12H20N4O2S. The Morgan fingerprint density at radius 3 is 3.00 bits per heavy atom. The van der Waals surface area contributed by atoms with Crippen LogP contribution in [0.1, 0.15) is 29.9 Å². The monoisotopic (exact) mass is 284 g/mol. The molecule has 1 amide bonds. The number of hydrogen-bond donors (Lipinski definition) is 2. The first-order valence-corrected chi connectivity index (χ1v) is 7.25. The molecule has 6 nitrogen and oxygen atoms in total. The minimum absolute atomic E-state index is 0.0431. The predicted molar refractivity (Wildman–Crippen MR) is 76.6 cm³/mol. The highest BCUT2D eigenvalue weighted by Crippen LogP contribution is 2.28. The van der Waals surface area contributed by atoms with E-state index >= 15 is 0 Å². The van der Waals surface area contributed by atoms with Crippen molar-refractivity contribution in [1.29, 1.82) is 0 Å². The molecule has 0 aromatic carbocycles. The number of nitrogens with two attached hydrogens (primary N) is 1. The van der Waals surface area contributed by atoms with Gasteiger partial charge in [-0.2, -0.15) is 0 Å². The molecule has 1 aliphatic heterocycles. The van der Waals surface area contributed by atoms with E-state index in [1.165, 1.54) is 11.3 Å². The molecule has 0 saturated carbocycles. The van der Waals surface area contributed by atoms with E-state index in [1.54, 1.807) is 7.05 Å². The van der Waals surface area contributed by atoms with E-state index in [0.717, 1.165) is 6.42 Å². The van der Waals surface area contributed by atoms with E-state index < -0.39 is 0 Å². The first kappa shape index (κ1) is 14.1. The number of amides is 1. The molecule has 0 bridgehead atoms. The Bertz CT molecular complexity index is 463. The summed E-state index contributed by atoms with van der Waals surface area (Å²) in [5, 5.41) is 3.57. The van der Waals surface area contributed by atoms with Crippen LogP contribution in [0.5, 0.6) is 0 Å². The standard InChI is InChI=1S/C12H20N4O2S/c1-4-8-6-18-7(2)5-16(8)11(17)9-10(13)15-12(14-3)19-9/h7-8H,4-6,13H2,1-3H3,(H,14,15). The summed E-state index contributed by atoms with van der Waals surface area (Å²) in [5.74, 6) is 0.256. The number of carbonyl (C=O) groups excluding carboxylic acids is 1. The summed E-state index contributed by atoms with van der Waals surface area (Å²) in [6, 6.07) is 0.114. The lowest BCUT2D eigenvalue weighted by Gasteiger charge is -2.38. The number of anilines is 2. The zero-order valence-electron chi connectivity index (χ0n) is 11.5. The van der Waals surface area contributed by atoms with Gasteiger partial charge in [0.2, 0.25) is 0 Å². The molecule has 1 saturated heterocycles. The number of nitrogen functional groups attached to an aromatic ring is 1. The van der Waals surface area contributed by atoms with Gasteiger partial charge in [0.15, 0.2) is 5.13 Å². The third-order valence-electron chi connectivity index (χ3n) is 3.26. The van der Waals surface area contributed by atoms with Gasteiger partial charge in [0.25, 0.3) is 5.91 Å². The molecule has 0 spiro atoms. The van der Waals surface area contributed by atoms with Gasteiger partial charge in [-0.25, -0.2) is 4.98 Å². The molecule has 19 heavy (non-hydrogen) atoms. The number of rotatable bonds is 3. The fourth-order valence-electron chi connectivity index (χ4n) is 2.15. The fourth-order valence-corrected chi connectivity index (χ4v) is 2.95. The lowest BCUT2D eigenvalue weighted by Crippen LogP contribution is -2.51. The van der Waals surface area contributed by atoms with E-state index in [1.807, 2.05) is 11.8 Å². The van der Waals surface area contributed by atoms with Gasteiger partial charge in [-0.05, 0) is 13.3 Å². The van der Waals surface area contributed by atoms with Crippen LogP contribution in [0.3, 0.4) is 0 Å². The minimum Gasteiger partial charge on any atom is -0.382 e. The SMILES string of the molecule is CCC1COC(C)CN1C(=O)c1sc(NC)nc1N. The largest absolute Gasteiger partial charge is 0.382 e. The molecule has 2 atom stereocenters. The van der Waals surface area contributed by atoms with Crippen LogP contribution in [0.4, 0.5) is 10.9 Å². The van der Waals surface area contributed by atoms with Crippen LogP contribution in [0.2, 0.25) is 0 Å². The number of aromatic nitrogens is 1. The van der Waals surface area contributed by atoms with Crippen LogP contribution in [0.15, 0.2) is 0 Å². The van der Waals surface area contributed by atoms with Gasteiger partial charge in [-0.3, -0.25) is 4.79 Å². The van der Waals surface area contributed by atoms with Gasteiger partial charge in [0.05, 0.1) is 18.8 Å². The van der Waals surface area contributed by atoms with Crippen LogP contribution in [0.25, 0.3) is 0 Å². The molecule has 1 fully saturated rings. The van der Waals surface area contributed by atoms with Crippen molar-refractivity contribution in [3.05, 3.63) is 4.88 Å². The summed E-state index contributed by atoms with van der Waals surface area (Å²) >= 11 is 1.30. The van der Waals surface area contributed by atoms with Gasteiger partial charge >= 0.3 is 0 Å². The molecule has 1 aromatic rings. The Labute approximate surface area is 116 Å². The predicted octanol–water partition coefficient (Wildman–Crippen LogP) is 1.41. The smallest absolute Gasteiger partial charge is 0.268 e. The average molecular weight is 284 g/mol. The lowest BCUT2D eigenvalue weighted by molar-refractivity contribution is -0.0442. The molecule has 106 valence electrons. The van der Waals surface area contributed by atoms with Crippen LogP contribution >= 0.6 is 11.3 Å². The van der Waals surface area contributed by atoms with Crippen molar-refractivity contribution in [1.82, 2.24) is 9.88 Å². The van der Waals surface area contributed by atoms with E-state index in [0.29, 0.717) is 29.0 Å². The summed E-state index contributed by atoms with van der Waals surface area (Å²) < 4.78 is 5.60. The first-order chi connectivity index (χ1) is 9.06. The summed E-state index contributed by atoms with van der Waals surface area (Å²) in [7, 11) is 1.76. The average Bonchev–Trinajstić information content (AvgIpc) is 2.79. The minimum atomic E-state index is -0.0431. The summed E-state index contributed by atoms with van der Waals surface area (Å²) in [4.78, 5) is 19.1. The molecular weight excluding hydrogens is 264 g/mol. The van der Waals surface area contributed by atoms with Gasteiger partial charge in [-0.1, -0.05) is 18.3 Å². The van der Waals surface area contributed by atoms with E-state index in [2.05, 4.69) is 17.2 Å². The Morgan fingerprint density at radius 2 is 2.42 bits per heavy atom. The second-order valence-electron chi connectivity index (χ2n) is 4.65. The van der Waals surface area contributed by atoms with Crippen molar-refractivity contribution in [3.8, 4) is 0 Å². The summed E-state index contributed by atoms with van der Waals surface area (Å²) in [5.41, 5.74) is 5.83. The Morgan fingerprint density at radius 1 is 1.68 bits per heavy atom. The van der Waals surface area contributed by atoms with Crippen molar-refractivity contribution >= 4 is 28.2 Å². The third-order valence-corrected chi connectivity index (χ3v) is 4.34. The number of morpholine rings is 1. The number of nitrogens with one attached hydrogen (secondary N) is 1. The van der Waals surface area contributed by atoms with Crippen molar-refractivity contribution in [2.75, 3.05) is 31.2 Å². The van der Waals surface area contributed by atoms with Gasteiger partial charge in [0, 0.05) is 13.6 Å². The van der Waals surface area contributed by atoms with Gasteiger partial charge in [-0.15, -0.1) is 0 Å². The van der Waals surface area contributed by atoms with E-state index in [9.17, 15) is 4.79 Å². The van der Waals surface area contributed by atoms with Crippen LogP contribution in [0, 0.1) is 0 Å². The van der Waals surface area contributed by atoms with Crippen molar-refractivity contribution < 1.29 is 9.53 Å². The molecule has 1 aliphatic rings. The normalized spacial score (nSPS) is 23.4. The Hall–Kier alpha value is -1.34. The van der Waals surface area contributed by atoms with Crippen LogP contribution < -0.4 is 11.1 Å². The molecule has 2 unspecified atom stereocenters. The zero-order valence-corrected chi connectivity index (χ0v) is 12.3. The van der Waals surface area contributed by atoms with Crippen molar-refractivity contribution in [3.63, 3.8) is 0 Å². The maximum atomic E-state index is 12.6. The number of nitrogens with zero attached hydrogens (tertiary/aromatic N) is 2. The van der Waals surface area contributed by atoms with E-state index in [4.69, 9.17) is 10.5 Å². The number of carbonyl (C=O) groups is 1. The van der Waals surface area contributed by atoms with Crippen molar-refractivity contribution in [2.45, 2.75) is 32.4 Å². The second kappa shape index (κ2) is 5.75. The highest BCUT2D eigenvalue weighted by molar-refractivity contribution is 7.18. The number of thiazole rings is 1. The fraction of sp³-hybridized carbons (Fsp3) is 0.667. The van der Waals surface area contributed by atoms with Gasteiger partial charge < -0.3 is 20.7 Å². The van der Waals surface area contributed by atoms with E-state index in [-0.39, 0.29) is 18.1 Å². The van der Waals surface area contributed by atoms with Crippen LogP contribution in [-0.4, -0.2) is 48.1 Å². The number of ether oxygens (including phenoxy) is 1. The quantitative estimate of drug-likeness (QED) is 0.877. The Kier molecular flexibility index (Phi) is 4.26. The zero-order chi connectivity index (χ0) is 14.0. The Balaban J connectivity index is 2.23. The molecule has 7 heteroatoms. The maximum Gasteiger partial charge on any atom is 0.268 e. The van der Waals surface area contributed by atoms with Gasteiger partial charge in [0.1, 0.15) is 10.7 Å². The summed E-state index contributed by atoms with van der Waals surface area (Å²) in [6.07, 6.45) is 0.931. The van der Waals surface area contributed by atoms with Crippen LogP contribution in [-0.2, 0) is 4.74 Å². The van der Waals surface area contributed by atoms with Crippen molar-refractivity contribution in [2.24, 2.45) is 0 Å². The molecule has 2 rings (SSSR count). The molecule has 1 aromatic heterocycles. The maximum absolute atomic E-state index is 12.6. The lowest BCUT2D eigenvalue weighted by atomic mass is 10.1. The molecule has 0 radical (unpaired) electrons. The first-order valence-electron chi connectivity index (χ1n) is 6.43. The summed E-state index contributed by atoms with van der Waals surface area (Å²) in [6.45, 7) is 5.21. The third kappa shape index (κ3) is 2.82. The molecule has 0 aliphatic carbocycles.